The van der Waals surface area contributed by atoms with Crippen molar-refractivity contribution in [2.75, 3.05) is 11.9 Å². The first-order valence-corrected chi connectivity index (χ1v) is 6.72. The average Bonchev–Trinajstić information content (AvgIpc) is 2.27. The third kappa shape index (κ3) is 4.97. The van der Waals surface area contributed by atoms with E-state index in [2.05, 4.69) is 27.3 Å². The third-order valence-corrected chi connectivity index (χ3v) is 3.42. The van der Waals surface area contributed by atoms with Crippen molar-refractivity contribution in [1.82, 2.24) is 0 Å². The fourth-order valence-electron chi connectivity index (χ4n) is 1.44. The third-order valence-electron chi connectivity index (χ3n) is 2.53. The SMILES string of the molecule is CC(C)(C#N)CCCNc1ccc(Cl)cc1Br. The summed E-state index contributed by atoms with van der Waals surface area (Å²) in [6.45, 7) is 4.78. The predicted octanol–water partition coefficient (Wildman–Crippen LogP) is 4.84. The molecule has 1 rings (SSSR count). The van der Waals surface area contributed by atoms with Crippen LogP contribution in [-0.4, -0.2) is 6.54 Å². The Bertz CT molecular complexity index is 424. The monoisotopic (exact) mass is 314 g/mol. The quantitative estimate of drug-likeness (QED) is 0.789. The number of nitrogens with one attached hydrogen (secondary N) is 1. The van der Waals surface area contributed by atoms with Gasteiger partial charge >= 0.3 is 0 Å². The standard InChI is InChI=1S/C13H16BrClN2/c1-13(2,9-16)6-3-7-17-12-5-4-10(15)8-11(12)14/h4-5,8,17H,3,6-7H2,1-2H3. The van der Waals surface area contributed by atoms with E-state index in [1.807, 2.05) is 32.0 Å². The second-order valence-corrected chi connectivity index (χ2v) is 5.94. The van der Waals surface area contributed by atoms with Crippen LogP contribution >= 0.6 is 27.5 Å². The van der Waals surface area contributed by atoms with Crippen molar-refractivity contribution < 1.29 is 0 Å². The molecule has 2 nitrogen and oxygen atoms in total. The lowest BCUT2D eigenvalue weighted by Crippen LogP contribution is -2.11. The molecule has 0 bridgehead atoms. The number of benzene rings is 1. The van der Waals surface area contributed by atoms with Crippen LogP contribution in [0.4, 0.5) is 5.69 Å². The van der Waals surface area contributed by atoms with Crippen LogP contribution in [0.15, 0.2) is 22.7 Å². The average molecular weight is 316 g/mol. The highest BCUT2D eigenvalue weighted by Gasteiger charge is 2.15. The van der Waals surface area contributed by atoms with Crippen LogP contribution in [0, 0.1) is 16.7 Å². The normalized spacial score (nSPS) is 11.0. The Balaban J connectivity index is 2.39. The van der Waals surface area contributed by atoms with Gasteiger partial charge in [0.2, 0.25) is 0 Å². The van der Waals surface area contributed by atoms with E-state index in [9.17, 15) is 0 Å². The molecule has 1 aromatic rings. The Labute approximate surface area is 116 Å². The van der Waals surface area contributed by atoms with Gasteiger partial charge in [-0.05, 0) is 60.8 Å². The van der Waals surface area contributed by atoms with E-state index in [-0.39, 0.29) is 5.41 Å². The van der Waals surface area contributed by atoms with E-state index < -0.39 is 0 Å². The van der Waals surface area contributed by atoms with Gasteiger partial charge in [0.05, 0.1) is 11.5 Å². The van der Waals surface area contributed by atoms with E-state index in [1.165, 1.54) is 0 Å². The largest absolute Gasteiger partial charge is 0.384 e. The van der Waals surface area contributed by atoms with E-state index in [1.54, 1.807) is 0 Å². The highest BCUT2D eigenvalue weighted by Crippen LogP contribution is 2.26. The van der Waals surface area contributed by atoms with Gasteiger partial charge in [0.1, 0.15) is 0 Å². The molecule has 0 amide bonds. The van der Waals surface area contributed by atoms with Crippen molar-refractivity contribution in [2.24, 2.45) is 5.41 Å². The van der Waals surface area contributed by atoms with Crippen molar-refractivity contribution >= 4 is 33.2 Å². The predicted molar refractivity (Wildman–Crippen MR) is 76.3 cm³/mol. The van der Waals surface area contributed by atoms with Gasteiger partial charge in [-0.2, -0.15) is 5.26 Å². The molecule has 92 valence electrons. The molecule has 0 atom stereocenters. The van der Waals surface area contributed by atoms with Crippen LogP contribution in [0.3, 0.4) is 0 Å². The van der Waals surface area contributed by atoms with Crippen LogP contribution in [0.1, 0.15) is 26.7 Å². The number of rotatable bonds is 5. The molecule has 0 unspecified atom stereocenters. The second-order valence-electron chi connectivity index (χ2n) is 4.65. The molecule has 0 fully saturated rings. The fourth-order valence-corrected chi connectivity index (χ4v) is 2.27. The van der Waals surface area contributed by atoms with Crippen LogP contribution in [0.2, 0.25) is 5.02 Å². The molecule has 0 saturated carbocycles. The molecule has 0 aliphatic rings. The number of hydrogen-bond acceptors (Lipinski definition) is 2. The maximum Gasteiger partial charge on any atom is 0.0683 e. The van der Waals surface area contributed by atoms with Gasteiger partial charge in [0, 0.05) is 21.7 Å². The van der Waals surface area contributed by atoms with Gasteiger partial charge in [0.15, 0.2) is 0 Å². The molecule has 17 heavy (non-hydrogen) atoms. The van der Waals surface area contributed by atoms with Crippen LogP contribution in [-0.2, 0) is 0 Å². The number of halogens is 2. The van der Waals surface area contributed by atoms with Gasteiger partial charge < -0.3 is 5.32 Å². The Morgan fingerprint density at radius 3 is 2.76 bits per heavy atom. The first-order valence-electron chi connectivity index (χ1n) is 5.55. The highest BCUT2D eigenvalue weighted by molar-refractivity contribution is 9.10. The topological polar surface area (TPSA) is 35.8 Å². The van der Waals surface area contributed by atoms with Gasteiger partial charge in [-0.15, -0.1) is 0 Å². The number of anilines is 1. The first-order chi connectivity index (χ1) is 7.94. The van der Waals surface area contributed by atoms with Crippen LogP contribution < -0.4 is 5.32 Å². The second kappa shape index (κ2) is 6.28. The molecule has 0 aromatic heterocycles. The summed E-state index contributed by atoms with van der Waals surface area (Å²) < 4.78 is 0.963. The first kappa shape index (κ1) is 14.3. The summed E-state index contributed by atoms with van der Waals surface area (Å²) in [5.74, 6) is 0. The molecule has 1 N–H and O–H groups in total. The molecule has 0 aliphatic heterocycles. The van der Waals surface area contributed by atoms with Crippen LogP contribution in [0.25, 0.3) is 0 Å². The number of hydrogen-bond donors (Lipinski definition) is 1. The lowest BCUT2D eigenvalue weighted by molar-refractivity contribution is 0.441. The Morgan fingerprint density at radius 2 is 2.18 bits per heavy atom. The fraction of sp³-hybridized carbons (Fsp3) is 0.462. The van der Waals surface area contributed by atoms with Gasteiger partial charge in [0.25, 0.3) is 0 Å². The zero-order valence-corrected chi connectivity index (χ0v) is 12.4. The molecule has 0 radical (unpaired) electrons. The minimum atomic E-state index is -0.237. The van der Waals surface area contributed by atoms with Gasteiger partial charge in [-0.3, -0.25) is 0 Å². The van der Waals surface area contributed by atoms with Crippen molar-refractivity contribution in [3.05, 3.63) is 27.7 Å². The Kier molecular flexibility index (Phi) is 5.30. The molecule has 4 heteroatoms. The number of nitrogens with zero attached hydrogens (tertiary/aromatic N) is 1. The summed E-state index contributed by atoms with van der Waals surface area (Å²) >= 11 is 9.32. The summed E-state index contributed by atoms with van der Waals surface area (Å²) in [5, 5.41) is 12.9. The zero-order chi connectivity index (χ0) is 12.9. The lowest BCUT2D eigenvalue weighted by Gasteiger charge is -2.15. The molecule has 0 aliphatic carbocycles. The molecular formula is C13H16BrClN2. The van der Waals surface area contributed by atoms with E-state index in [0.717, 1.165) is 29.5 Å². The minimum Gasteiger partial charge on any atom is -0.384 e. The summed E-state index contributed by atoms with van der Waals surface area (Å²) in [7, 11) is 0. The highest BCUT2D eigenvalue weighted by atomic mass is 79.9. The lowest BCUT2D eigenvalue weighted by atomic mass is 9.90. The van der Waals surface area contributed by atoms with Gasteiger partial charge in [-0.25, -0.2) is 0 Å². The summed E-state index contributed by atoms with van der Waals surface area (Å²) in [5.41, 5.74) is 0.794. The van der Waals surface area contributed by atoms with E-state index >= 15 is 0 Å². The number of nitriles is 1. The smallest absolute Gasteiger partial charge is 0.0683 e. The molecule has 0 heterocycles. The minimum absolute atomic E-state index is 0.237. The van der Waals surface area contributed by atoms with E-state index in [4.69, 9.17) is 16.9 Å². The molecule has 1 aromatic carbocycles. The molecular weight excluding hydrogens is 300 g/mol. The Hall–Kier alpha value is -0.720. The summed E-state index contributed by atoms with van der Waals surface area (Å²) in [6, 6.07) is 7.97. The van der Waals surface area contributed by atoms with Crippen LogP contribution in [0.5, 0.6) is 0 Å². The van der Waals surface area contributed by atoms with Crippen molar-refractivity contribution in [1.29, 1.82) is 5.26 Å². The summed E-state index contributed by atoms with van der Waals surface area (Å²) in [6.07, 6.45) is 1.86. The molecule has 0 saturated heterocycles. The maximum atomic E-state index is 8.89. The van der Waals surface area contributed by atoms with Crippen molar-refractivity contribution in [3.63, 3.8) is 0 Å². The zero-order valence-electron chi connectivity index (χ0n) is 10.1. The van der Waals surface area contributed by atoms with Gasteiger partial charge in [-0.1, -0.05) is 11.6 Å². The van der Waals surface area contributed by atoms with E-state index in [0.29, 0.717) is 5.02 Å². The molecule has 0 spiro atoms. The Morgan fingerprint density at radius 1 is 1.47 bits per heavy atom. The van der Waals surface area contributed by atoms with Crippen molar-refractivity contribution in [3.8, 4) is 6.07 Å². The summed E-state index contributed by atoms with van der Waals surface area (Å²) in [4.78, 5) is 0. The maximum absolute atomic E-state index is 8.89. The van der Waals surface area contributed by atoms with Crippen molar-refractivity contribution in [2.45, 2.75) is 26.7 Å².